The predicted octanol–water partition coefficient (Wildman–Crippen LogP) is 0.952. The highest BCUT2D eigenvalue weighted by Gasteiger charge is 2.19. The minimum atomic E-state index is -1.07. The molecule has 0 radical (unpaired) electrons. The molecular formula is C8H13ClO5S. The molecule has 1 N–H and O–H groups in total. The number of ether oxygens (including phenoxy) is 1. The number of hydrogen-bond donors (Lipinski definition) is 1. The summed E-state index contributed by atoms with van der Waals surface area (Å²) in [6.45, 7) is 2.37. The minimum absolute atomic E-state index is 0. The summed E-state index contributed by atoms with van der Waals surface area (Å²) in [6, 6.07) is 0. The van der Waals surface area contributed by atoms with Crippen molar-refractivity contribution in [2.75, 3.05) is 12.4 Å². The van der Waals surface area contributed by atoms with Crippen LogP contribution in [0.4, 0.5) is 0 Å². The average molecular weight is 257 g/mol. The molecule has 0 aliphatic rings. The zero-order chi connectivity index (χ0) is 11.1. The van der Waals surface area contributed by atoms with Crippen LogP contribution in [0, 0.1) is 5.92 Å². The first-order chi connectivity index (χ1) is 6.43. The smallest absolute Gasteiger partial charge is 0.310 e. The fraction of sp³-hybridized carbons (Fsp3) is 0.625. The lowest BCUT2D eigenvalue weighted by atomic mass is 10.2. The number of hydrogen-bond acceptors (Lipinski definition) is 5. The van der Waals surface area contributed by atoms with Gasteiger partial charge < -0.3 is 9.84 Å². The van der Waals surface area contributed by atoms with E-state index < -0.39 is 17.9 Å². The van der Waals surface area contributed by atoms with Crippen molar-refractivity contribution >= 4 is 41.2 Å². The van der Waals surface area contributed by atoms with E-state index in [0.29, 0.717) is 0 Å². The van der Waals surface area contributed by atoms with Gasteiger partial charge >= 0.3 is 11.9 Å². The summed E-state index contributed by atoms with van der Waals surface area (Å²) in [5.41, 5.74) is 0. The van der Waals surface area contributed by atoms with E-state index >= 15 is 0 Å². The van der Waals surface area contributed by atoms with E-state index in [1.54, 1.807) is 0 Å². The summed E-state index contributed by atoms with van der Waals surface area (Å²) in [6.07, 6.45) is 0. The van der Waals surface area contributed by atoms with Gasteiger partial charge in [-0.2, -0.15) is 0 Å². The maximum absolute atomic E-state index is 10.6. The van der Waals surface area contributed by atoms with Gasteiger partial charge in [-0.15, -0.1) is 12.4 Å². The van der Waals surface area contributed by atoms with Gasteiger partial charge in [-0.3, -0.25) is 14.4 Å². The SMILES string of the molecule is CC(=O)OCC(CSC(C)=O)C(=O)O.Cl. The molecule has 1 atom stereocenters. The van der Waals surface area contributed by atoms with Crippen LogP contribution in [0.3, 0.4) is 0 Å². The normalized spacial score (nSPS) is 11.1. The number of esters is 1. The van der Waals surface area contributed by atoms with Gasteiger partial charge in [0.2, 0.25) is 0 Å². The molecule has 7 heteroatoms. The minimum Gasteiger partial charge on any atom is -0.481 e. The van der Waals surface area contributed by atoms with Gasteiger partial charge in [-0.25, -0.2) is 0 Å². The van der Waals surface area contributed by atoms with Crippen molar-refractivity contribution in [2.45, 2.75) is 13.8 Å². The Labute approximate surface area is 98.0 Å². The van der Waals surface area contributed by atoms with Crippen LogP contribution in [-0.4, -0.2) is 34.5 Å². The second kappa shape index (κ2) is 8.55. The van der Waals surface area contributed by atoms with Gasteiger partial charge in [0.1, 0.15) is 12.5 Å². The van der Waals surface area contributed by atoms with Crippen LogP contribution < -0.4 is 0 Å². The highest BCUT2D eigenvalue weighted by Crippen LogP contribution is 2.10. The van der Waals surface area contributed by atoms with Crippen LogP contribution in [0.2, 0.25) is 0 Å². The molecule has 0 fully saturated rings. The van der Waals surface area contributed by atoms with E-state index in [-0.39, 0.29) is 29.9 Å². The lowest BCUT2D eigenvalue weighted by Crippen LogP contribution is -2.23. The van der Waals surface area contributed by atoms with Gasteiger partial charge in [0.15, 0.2) is 5.12 Å². The molecule has 88 valence electrons. The number of carbonyl (C=O) groups excluding carboxylic acids is 2. The molecule has 1 unspecified atom stereocenters. The van der Waals surface area contributed by atoms with Gasteiger partial charge in [0.25, 0.3) is 0 Å². The molecule has 0 saturated carbocycles. The quantitative estimate of drug-likeness (QED) is 0.738. The van der Waals surface area contributed by atoms with Gasteiger partial charge in [0, 0.05) is 19.6 Å². The second-order valence-electron chi connectivity index (χ2n) is 2.64. The van der Waals surface area contributed by atoms with Gasteiger partial charge in [-0.05, 0) is 0 Å². The van der Waals surface area contributed by atoms with Crippen molar-refractivity contribution in [3.63, 3.8) is 0 Å². The van der Waals surface area contributed by atoms with Crippen LogP contribution in [0.15, 0.2) is 0 Å². The van der Waals surface area contributed by atoms with E-state index in [1.165, 1.54) is 13.8 Å². The van der Waals surface area contributed by atoms with Crippen molar-refractivity contribution in [3.8, 4) is 0 Å². The lowest BCUT2D eigenvalue weighted by molar-refractivity contribution is -0.148. The molecular weight excluding hydrogens is 244 g/mol. The summed E-state index contributed by atoms with van der Waals surface area (Å²) < 4.78 is 4.55. The summed E-state index contributed by atoms with van der Waals surface area (Å²) in [5, 5.41) is 8.53. The van der Waals surface area contributed by atoms with E-state index in [1.807, 2.05) is 0 Å². The molecule has 5 nitrogen and oxygen atoms in total. The Bertz CT molecular complexity index is 225. The van der Waals surface area contributed by atoms with E-state index in [2.05, 4.69) is 4.74 Å². The summed E-state index contributed by atoms with van der Waals surface area (Å²) in [7, 11) is 0. The molecule has 0 aromatic carbocycles. The standard InChI is InChI=1S/C8H12O5S.ClH/c1-5(9)13-3-7(8(11)12)4-14-6(2)10;/h7H,3-4H2,1-2H3,(H,11,12);1H. The number of carboxylic acid groups (broad SMARTS) is 1. The lowest BCUT2D eigenvalue weighted by Gasteiger charge is -2.10. The molecule has 0 aliphatic heterocycles. The molecule has 0 bridgehead atoms. The predicted molar refractivity (Wildman–Crippen MR) is 58.1 cm³/mol. The van der Waals surface area contributed by atoms with Crippen molar-refractivity contribution in [1.82, 2.24) is 0 Å². The second-order valence-corrected chi connectivity index (χ2v) is 3.84. The third-order valence-corrected chi connectivity index (χ3v) is 2.30. The van der Waals surface area contributed by atoms with Crippen LogP contribution in [-0.2, 0) is 19.1 Å². The van der Waals surface area contributed by atoms with Crippen LogP contribution in [0.5, 0.6) is 0 Å². The molecule has 0 rings (SSSR count). The molecule has 0 saturated heterocycles. The van der Waals surface area contributed by atoms with Crippen molar-refractivity contribution in [1.29, 1.82) is 0 Å². The number of carbonyl (C=O) groups is 3. The first-order valence-electron chi connectivity index (χ1n) is 3.93. The zero-order valence-corrected chi connectivity index (χ0v) is 10.0. The molecule has 0 heterocycles. The van der Waals surface area contributed by atoms with E-state index in [0.717, 1.165) is 11.8 Å². The molecule has 0 spiro atoms. The monoisotopic (exact) mass is 256 g/mol. The number of halogens is 1. The van der Waals surface area contributed by atoms with Gasteiger partial charge in [0.05, 0.1) is 0 Å². The van der Waals surface area contributed by atoms with Crippen molar-refractivity contribution < 1.29 is 24.2 Å². The Balaban J connectivity index is 0. The van der Waals surface area contributed by atoms with Crippen LogP contribution >= 0.6 is 24.2 Å². The maximum Gasteiger partial charge on any atom is 0.310 e. The van der Waals surface area contributed by atoms with E-state index in [9.17, 15) is 14.4 Å². The van der Waals surface area contributed by atoms with Gasteiger partial charge in [-0.1, -0.05) is 11.8 Å². The average Bonchev–Trinajstić information content (AvgIpc) is 2.02. The number of thioether (sulfide) groups is 1. The van der Waals surface area contributed by atoms with E-state index in [4.69, 9.17) is 5.11 Å². The van der Waals surface area contributed by atoms with Crippen molar-refractivity contribution in [2.24, 2.45) is 5.92 Å². The van der Waals surface area contributed by atoms with Crippen molar-refractivity contribution in [3.05, 3.63) is 0 Å². The first kappa shape index (κ1) is 16.7. The Kier molecular flexibility index (Phi) is 9.50. The molecule has 0 aromatic rings. The number of carboxylic acids is 1. The Morgan fingerprint density at radius 3 is 2.20 bits per heavy atom. The summed E-state index contributed by atoms with van der Waals surface area (Å²) >= 11 is 0.908. The molecule has 0 aromatic heterocycles. The largest absolute Gasteiger partial charge is 0.481 e. The summed E-state index contributed by atoms with van der Waals surface area (Å²) in [4.78, 5) is 31.6. The molecule has 0 aliphatic carbocycles. The molecule has 0 amide bonds. The van der Waals surface area contributed by atoms with Crippen LogP contribution in [0.1, 0.15) is 13.8 Å². The summed E-state index contributed by atoms with van der Waals surface area (Å²) in [5.74, 6) is -2.30. The number of aliphatic carboxylic acids is 1. The first-order valence-corrected chi connectivity index (χ1v) is 4.91. The fourth-order valence-corrected chi connectivity index (χ4v) is 1.30. The third-order valence-electron chi connectivity index (χ3n) is 1.32. The molecule has 15 heavy (non-hydrogen) atoms. The third kappa shape index (κ3) is 9.55. The maximum atomic E-state index is 10.6. The number of rotatable bonds is 5. The Morgan fingerprint density at radius 1 is 1.33 bits per heavy atom. The highest BCUT2D eigenvalue weighted by atomic mass is 35.5. The van der Waals surface area contributed by atoms with Crippen LogP contribution in [0.25, 0.3) is 0 Å². The Hall–Kier alpha value is -0.750. The zero-order valence-electron chi connectivity index (χ0n) is 8.39. The Morgan fingerprint density at radius 2 is 1.87 bits per heavy atom. The highest BCUT2D eigenvalue weighted by molar-refractivity contribution is 8.13. The fourth-order valence-electron chi connectivity index (χ4n) is 0.627. The topological polar surface area (TPSA) is 80.7 Å².